The summed E-state index contributed by atoms with van der Waals surface area (Å²) in [5.74, 6) is 1.01. The van der Waals surface area contributed by atoms with Crippen molar-refractivity contribution in [2.45, 2.75) is 130 Å². The Kier molecular flexibility index (Phi) is 5.09. The highest BCUT2D eigenvalue weighted by Crippen LogP contribution is 2.62. The third-order valence-electron chi connectivity index (χ3n) is 12.8. The van der Waals surface area contributed by atoms with Gasteiger partial charge in [0, 0.05) is 10.8 Å². The average Bonchev–Trinajstić information content (AvgIpc) is 3.27. The van der Waals surface area contributed by atoms with Gasteiger partial charge >= 0.3 is 0 Å². The Hall–Kier alpha value is -2.93. The van der Waals surface area contributed by atoms with Crippen molar-refractivity contribution in [2.75, 3.05) is 0 Å². The first kappa shape index (κ1) is 27.3. The van der Waals surface area contributed by atoms with E-state index in [2.05, 4.69) is 123 Å². The molecule has 0 N–H and O–H groups in total. The van der Waals surface area contributed by atoms with E-state index in [0.717, 1.165) is 29.6 Å². The normalized spacial score (nSPS) is 26.1. The average molecular weight is 536 g/mol. The maximum Gasteiger partial charge on any atom is 0.299 e. The maximum atomic E-state index is 10.2. The zero-order valence-electron chi connectivity index (χ0n) is 27.0. The predicted molar refractivity (Wildman–Crippen MR) is 165 cm³/mol. The number of nitriles is 1. The molecule has 4 nitrogen and oxygen atoms in total. The Bertz CT molecular complexity index is 1820. The van der Waals surface area contributed by atoms with Crippen LogP contribution in [0.4, 0.5) is 0 Å². The molecule has 2 atom stereocenters. The first-order chi connectivity index (χ1) is 18.4. The van der Waals surface area contributed by atoms with Gasteiger partial charge in [0.15, 0.2) is 11.0 Å². The van der Waals surface area contributed by atoms with E-state index in [4.69, 9.17) is 4.98 Å². The number of nitrogens with zero attached hydrogens (tertiary/aromatic N) is 4. The van der Waals surface area contributed by atoms with Gasteiger partial charge in [0.25, 0.3) is 5.65 Å². The first-order valence-corrected chi connectivity index (χ1v) is 15.2. The van der Waals surface area contributed by atoms with Gasteiger partial charge in [-0.05, 0) is 70.9 Å². The van der Waals surface area contributed by atoms with E-state index < -0.39 is 0 Å². The van der Waals surface area contributed by atoms with Crippen LogP contribution >= 0.6 is 0 Å². The van der Waals surface area contributed by atoms with Crippen LogP contribution < -0.4 is 4.57 Å². The van der Waals surface area contributed by atoms with Crippen molar-refractivity contribution in [3.05, 3.63) is 52.3 Å². The molecule has 0 bridgehead atoms. The van der Waals surface area contributed by atoms with Crippen molar-refractivity contribution in [1.29, 1.82) is 5.26 Å². The van der Waals surface area contributed by atoms with Crippen LogP contribution in [0.2, 0.25) is 0 Å². The van der Waals surface area contributed by atoms with Crippen molar-refractivity contribution >= 4 is 27.6 Å². The minimum absolute atomic E-state index is 0.00644. The van der Waals surface area contributed by atoms with Crippen LogP contribution in [0.3, 0.4) is 0 Å². The molecule has 2 aromatic heterocycles. The summed E-state index contributed by atoms with van der Waals surface area (Å²) in [7, 11) is 0. The molecular formula is C36H47N4+. The Balaban J connectivity index is 1.99. The minimum atomic E-state index is -0.220. The number of hydrogen-bond donors (Lipinski definition) is 0. The minimum Gasteiger partial charge on any atom is -0.216 e. The second-order valence-electron chi connectivity index (χ2n) is 15.8. The van der Waals surface area contributed by atoms with Crippen molar-refractivity contribution in [3.63, 3.8) is 0 Å². The quantitative estimate of drug-likeness (QED) is 0.242. The molecule has 2 aromatic carbocycles. The van der Waals surface area contributed by atoms with Gasteiger partial charge in [0.1, 0.15) is 17.1 Å². The van der Waals surface area contributed by atoms with Gasteiger partial charge in [0.2, 0.25) is 5.82 Å². The number of imidazole rings is 1. The molecule has 3 heterocycles. The van der Waals surface area contributed by atoms with Gasteiger partial charge < -0.3 is 0 Å². The van der Waals surface area contributed by atoms with E-state index in [1.54, 1.807) is 0 Å². The van der Waals surface area contributed by atoms with Crippen LogP contribution in [0.5, 0.6) is 0 Å². The largest absolute Gasteiger partial charge is 0.299 e. The molecule has 40 heavy (non-hydrogen) atoms. The van der Waals surface area contributed by atoms with E-state index in [0.29, 0.717) is 5.56 Å². The highest BCUT2D eigenvalue weighted by molar-refractivity contribution is 6.00. The summed E-state index contributed by atoms with van der Waals surface area (Å²) in [4.78, 5) is 5.39. The topological polar surface area (TPSA) is 45.0 Å². The summed E-state index contributed by atoms with van der Waals surface area (Å²) < 4.78 is 5.15. The van der Waals surface area contributed by atoms with Crippen LogP contribution in [0.15, 0.2) is 24.3 Å². The summed E-state index contributed by atoms with van der Waals surface area (Å²) in [6.45, 7) is 30.9. The molecule has 4 aromatic rings. The standard InChI is InChI=1S/C36H47N4/c1-14-35(12)22-17-16-21(20-37)28-27(22)29-39(30(38-28)31(3,4)5)25-18-23-24(19-26(25)40(29)36(35,13)15-2)33(8,9)34(10,11)32(23,6)7/h16-19H,14-15H2,1-13H3/q+1. The Morgan fingerprint density at radius 2 is 1.48 bits per heavy atom. The molecular weight excluding hydrogens is 488 g/mol. The van der Waals surface area contributed by atoms with Crippen molar-refractivity contribution in [1.82, 2.24) is 9.38 Å². The van der Waals surface area contributed by atoms with Crippen molar-refractivity contribution < 1.29 is 4.57 Å². The first-order valence-electron chi connectivity index (χ1n) is 15.2. The van der Waals surface area contributed by atoms with E-state index >= 15 is 0 Å². The Labute approximate surface area is 240 Å². The molecule has 0 amide bonds. The summed E-state index contributed by atoms with van der Waals surface area (Å²) in [6.07, 6.45) is 2.00. The Morgan fingerprint density at radius 1 is 0.875 bits per heavy atom. The Morgan fingerprint density at radius 3 is 2.00 bits per heavy atom. The lowest BCUT2D eigenvalue weighted by molar-refractivity contribution is -0.728. The van der Waals surface area contributed by atoms with Crippen molar-refractivity contribution in [3.8, 4) is 6.07 Å². The summed E-state index contributed by atoms with van der Waals surface area (Å²) in [5.41, 5.74) is 9.06. The van der Waals surface area contributed by atoms with Gasteiger partial charge in [0.05, 0.1) is 10.9 Å². The van der Waals surface area contributed by atoms with E-state index in [-0.39, 0.29) is 32.6 Å². The molecule has 0 saturated heterocycles. The van der Waals surface area contributed by atoms with E-state index in [1.165, 1.54) is 33.4 Å². The SMILES string of the molecule is CCC1(C)c2ccc(C#N)c3nc(C(C)(C)C)n4c5cc6c(cc5[n+](c4c23)C1(C)CC)C(C)(C)C(C)(C)C6(C)C. The lowest BCUT2D eigenvalue weighted by atomic mass is 9.59. The highest BCUT2D eigenvalue weighted by atomic mass is 15.2. The van der Waals surface area contributed by atoms with Crippen LogP contribution in [-0.2, 0) is 27.2 Å². The second kappa shape index (κ2) is 7.47. The predicted octanol–water partition coefficient (Wildman–Crippen LogP) is 8.50. The lowest BCUT2D eigenvalue weighted by Crippen LogP contribution is -2.66. The monoisotopic (exact) mass is 535 g/mol. The molecule has 0 fully saturated rings. The fourth-order valence-electron chi connectivity index (χ4n) is 8.49. The fourth-order valence-corrected chi connectivity index (χ4v) is 8.49. The van der Waals surface area contributed by atoms with Crippen LogP contribution in [0.25, 0.3) is 27.6 Å². The summed E-state index contributed by atoms with van der Waals surface area (Å²) in [6, 6.07) is 11.8. The third kappa shape index (κ3) is 2.69. The van der Waals surface area contributed by atoms with E-state index in [1.807, 2.05) is 6.07 Å². The molecule has 0 saturated carbocycles. The van der Waals surface area contributed by atoms with Gasteiger partial charge in [-0.25, -0.2) is 9.55 Å². The third-order valence-corrected chi connectivity index (χ3v) is 12.8. The number of hydrogen-bond acceptors (Lipinski definition) is 2. The van der Waals surface area contributed by atoms with Gasteiger partial charge in [-0.1, -0.05) is 89.2 Å². The second-order valence-corrected chi connectivity index (χ2v) is 15.8. The van der Waals surface area contributed by atoms with Crippen LogP contribution in [0, 0.1) is 16.7 Å². The number of aromatic nitrogens is 3. The molecule has 2 unspecified atom stereocenters. The summed E-state index contributed by atoms with van der Waals surface area (Å²) in [5, 5.41) is 11.4. The van der Waals surface area contributed by atoms with Gasteiger partial charge in [-0.15, -0.1) is 0 Å². The number of benzene rings is 2. The fraction of sp³-hybridized carbons (Fsp3) is 0.583. The zero-order chi connectivity index (χ0) is 29.6. The van der Waals surface area contributed by atoms with Gasteiger partial charge in [-0.3, -0.25) is 0 Å². The lowest BCUT2D eigenvalue weighted by Gasteiger charge is -2.47. The molecule has 0 spiro atoms. The number of fused-ring (bicyclic) bond motifs is 4. The van der Waals surface area contributed by atoms with Crippen molar-refractivity contribution in [2.24, 2.45) is 5.41 Å². The molecule has 2 aliphatic rings. The van der Waals surface area contributed by atoms with E-state index in [9.17, 15) is 5.26 Å². The molecule has 0 radical (unpaired) electrons. The molecule has 1 aliphatic carbocycles. The van der Waals surface area contributed by atoms with Crippen LogP contribution in [0.1, 0.15) is 131 Å². The number of rotatable bonds is 2. The summed E-state index contributed by atoms with van der Waals surface area (Å²) >= 11 is 0. The smallest absolute Gasteiger partial charge is 0.216 e. The highest BCUT2D eigenvalue weighted by Gasteiger charge is 2.59. The van der Waals surface area contributed by atoms with Crippen LogP contribution in [-0.4, -0.2) is 9.38 Å². The molecule has 1 aliphatic heterocycles. The maximum absolute atomic E-state index is 10.2. The van der Waals surface area contributed by atoms with Gasteiger partial charge in [-0.2, -0.15) is 9.66 Å². The molecule has 210 valence electrons. The zero-order valence-corrected chi connectivity index (χ0v) is 27.0. The molecule has 6 rings (SSSR count). The molecule has 4 heteroatoms.